The van der Waals surface area contributed by atoms with Gasteiger partial charge < -0.3 is 15.2 Å². The number of nitrogens with zero attached hydrogens (tertiary/aromatic N) is 4. The Morgan fingerprint density at radius 2 is 2.15 bits per heavy atom. The SMILES string of the molecule is CC[C@H]1O[C@@H](n2ncc3c(NC(=O)c4ccccc4)ncnc32)C[C@H]1O. The standard InChI is InChI=1S/C18H19N5O3/c1-2-14-13(24)8-15(26-14)23-17-12(9-21-23)16(19-10-20-17)22-18(25)11-6-4-3-5-7-11/h3-7,9-10,13-15,24H,2,8H2,1H3,(H,19,20,22,25)/t13-,14-,15-/m1/s1. The maximum atomic E-state index is 12.4. The van der Waals surface area contributed by atoms with E-state index in [-0.39, 0.29) is 18.2 Å². The molecule has 1 amide bonds. The predicted octanol–water partition coefficient (Wildman–Crippen LogP) is 2.14. The average molecular weight is 353 g/mol. The van der Waals surface area contributed by atoms with Crippen molar-refractivity contribution in [3.8, 4) is 0 Å². The summed E-state index contributed by atoms with van der Waals surface area (Å²) in [6.45, 7) is 1.97. The molecule has 0 aliphatic carbocycles. The first-order valence-corrected chi connectivity index (χ1v) is 8.55. The largest absolute Gasteiger partial charge is 0.390 e. The molecule has 1 aliphatic heterocycles. The molecule has 3 heterocycles. The molecule has 1 aromatic carbocycles. The van der Waals surface area contributed by atoms with Gasteiger partial charge in [0.25, 0.3) is 5.91 Å². The minimum atomic E-state index is -0.525. The van der Waals surface area contributed by atoms with Crippen molar-refractivity contribution in [1.29, 1.82) is 0 Å². The molecule has 134 valence electrons. The van der Waals surface area contributed by atoms with E-state index in [1.165, 1.54) is 6.33 Å². The van der Waals surface area contributed by atoms with Crippen molar-refractivity contribution in [1.82, 2.24) is 19.7 Å². The molecule has 1 saturated heterocycles. The fourth-order valence-electron chi connectivity index (χ4n) is 3.17. The molecule has 0 spiro atoms. The third kappa shape index (κ3) is 2.93. The molecule has 8 nitrogen and oxygen atoms in total. The van der Waals surface area contributed by atoms with Crippen molar-refractivity contribution < 1.29 is 14.6 Å². The molecule has 3 atom stereocenters. The lowest BCUT2D eigenvalue weighted by Crippen LogP contribution is -2.19. The van der Waals surface area contributed by atoms with E-state index in [0.717, 1.165) is 6.42 Å². The molecule has 0 unspecified atom stereocenters. The van der Waals surface area contributed by atoms with Gasteiger partial charge in [0.2, 0.25) is 0 Å². The van der Waals surface area contributed by atoms with Crippen LogP contribution in [0.5, 0.6) is 0 Å². The molecule has 1 aliphatic rings. The fraction of sp³-hybridized carbons (Fsp3) is 0.333. The summed E-state index contributed by atoms with van der Waals surface area (Å²) >= 11 is 0. The van der Waals surface area contributed by atoms with Crippen LogP contribution >= 0.6 is 0 Å². The van der Waals surface area contributed by atoms with Crippen LogP contribution in [0, 0.1) is 0 Å². The van der Waals surface area contributed by atoms with Crippen LogP contribution in [0.3, 0.4) is 0 Å². The van der Waals surface area contributed by atoms with Crippen LogP contribution in [0.25, 0.3) is 11.0 Å². The second-order valence-electron chi connectivity index (χ2n) is 6.21. The Bertz CT molecular complexity index is 927. The number of hydrogen-bond acceptors (Lipinski definition) is 6. The van der Waals surface area contributed by atoms with Crippen molar-refractivity contribution in [2.75, 3.05) is 5.32 Å². The number of aliphatic hydroxyl groups is 1. The molecule has 8 heteroatoms. The predicted molar refractivity (Wildman–Crippen MR) is 94.5 cm³/mol. The molecular weight excluding hydrogens is 334 g/mol. The van der Waals surface area contributed by atoms with Crippen molar-refractivity contribution in [2.45, 2.75) is 38.2 Å². The van der Waals surface area contributed by atoms with Crippen LogP contribution in [0.1, 0.15) is 36.4 Å². The van der Waals surface area contributed by atoms with Gasteiger partial charge in [0, 0.05) is 12.0 Å². The number of ether oxygens (including phenoxy) is 1. The molecule has 0 saturated carbocycles. The molecule has 26 heavy (non-hydrogen) atoms. The number of aromatic nitrogens is 4. The summed E-state index contributed by atoms with van der Waals surface area (Å²) in [7, 11) is 0. The molecule has 3 aromatic rings. The summed E-state index contributed by atoms with van der Waals surface area (Å²) in [5, 5.41) is 17.8. The lowest BCUT2D eigenvalue weighted by molar-refractivity contribution is -0.0232. The second-order valence-corrected chi connectivity index (χ2v) is 6.21. The molecule has 0 bridgehead atoms. The van der Waals surface area contributed by atoms with Crippen LogP contribution in [0.15, 0.2) is 42.9 Å². The van der Waals surface area contributed by atoms with E-state index in [1.54, 1.807) is 35.1 Å². The third-order valence-electron chi connectivity index (χ3n) is 4.54. The van der Waals surface area contributed by atoms with Gasteiger partial charge in [-0.25, -0.2) is 14.6 Å². The first kappa shape index (κ1) is 16.6. The summed E-state index contributed by atoms with van der Waals surface area (Å²) in [5.74, 6) is 0.137. The number of hydrogen-bond donors (Lipinski definition) is 2. The highest BCUT2D eigenvalue weighted by atomic mass is 16.5. The molecule has 4 rings (SSSR count). The van der Waals surface area contributed by atoms with Crippen LogP contribution < -0.4 is 5.32 Å². The smallest absolute Gasteiger partial charge is 0.256 e. The van der Waals surface area contributed by atoms with Gasteiger partial charge in [0.05, 0.1) is 23.8 Å². The van der Waals surface area contributed by atoms with E-state index in [0.29, 0.717) is 28.8 Å². The van der Waals surface area contributed by atoms with Gasteiger partial charge in [0.15, 0.2) is 11.9 Å². The van der Waals surface area contributed by atoms with Gasteiger partial charge in [0.1, 0.15) is 12.1 Å². The van der Waals surface area contributed by atoms with E-state index in [2.05, 4.69) is 20.4 Å². The number of benzene rings is 1. The number of nitrogens with one attached hydrogen (secondary N) is 1. The minimum Gasteiger partial charge on any atom is -0.390 e. The minimum absolute atomic E-state index is 0.210. The zero-order valence-electron chi connectivity index (χ0n) is 14.2. The van der Waals surface area contributed by atoms with Crippen LogP contribution in [0.4, 0.5) is 5.82 Å². The number of amides is 1. The normalized spacial score (nSPS) is 22.6. The van der Waals surface area contributed by atoms with Gasteiger partial charge in [-0.2, -0.15) is 5.10 Å². The first-order chi connectivity index (χ1) is 12.7. The molecule has 2 aromatic heterocycles. The fourth-order valence-corrected chi connectivity index (χ4v) is 3.17. The molecule has 0 radical (unpaired) electrons. The monoisotopic (exact) mass is 353 g/mol. The topological polar surface area (TPSA) is 102 Å². The zero-order chi connectivity index (χ0) is 18.1. The zero-order valence-corrected chi connectivity index (χ0v) is 14.2. The number of rotatable bonds is 4. The highest BCUT2D eigenvalue weighted by Crippen LogP contribution is 2.32. The van der Waals surface area contributed by atoms with Gasteiger partial charge in [-0.15, -0.1) is 0 Å². The Balaban J connectivity index is 1.63. The van der Waals surface area contributed by atoms with Crippen molar-refractivity contribution in [3.63, 3.8) is 0 Å². The number of aliphatic hydroxyl groups excluding tert-OH is 1. The number of fused-ring (bicyclic) bond motifs is 1. The van der Waals surface area contributed by atoms with Crippen LogP contribution in [-0.2, 0) is 4.74 Å². The highest BCUT2D eigenvalue weighted by molar-refractivity contribution is 6.07. The van der Waals surface area contributed by atoms with Crippen LogP contribution in [-0.4, -0.2) is 43.0 Å². The summed E-state index contributed by atoms with van der Waals surface area (Å²) in [6, 6.07) is 8.92. The lowest BCUT2D eigenvalue weighted by Gasteiger charge is -2.13. The van der Waals surface area contributed by atoms with Gasteiger partial charge in [-0.3, -0.25) is 4.79 Å². The number of anilines is 1. The maximum absolute atomic E-state index is 12.4. The quantitative estimate of drug-likeness (QED) is 0.745. The second kappa shape index (κ2) is 6.81. The van der Waals surface area contributed by atoms with E-state index >= 15 is 0 Å². The molecular formula is C18H19N5O3. The van der Waals surface area contributed by atoms with Crippen molar-refractivity contribution in [2.24, 2.45) is 0 Å². The third-order valence-corrected chi connectivity index (χ3v) is 4.54. The van der Waals surface area contributed by atoms with E-state index < -0.39 is 6.10 Å². The van der Waals surface area contributed by atoms with Crippen molar-refractivity contribution in [3.05, 3.63) is 48.4 Å². The summed E-state index contributed by atoms with van der Waals surface area (Å²) in [4.78, 5) is 20.8. The van der Waals surface area contributed by atoms with Gasteiger partial charge >= 0.3 is 0 Å². The summed E-state index contributed by atoms with van der Waals surface area (Å²) in [5.41, 5.74) is 1.09. The first-order valence-electron chi connectivity index (χ1n) is 8.55. The lowest BCUT2D eigenvalue weighted by atomic mass is 10.1. The highest BCUT2D eigenvalue weighted by Gasteiger charge is 2.35. The molecule has 1 fully saturated rings. The summed E-state index contributed by atoms with van der Waals surface area (Å²) in [6.07, 6.45) is 3.03. The number of carbonyl (C=O) groups is 1. The van der Waals surface area contributed by atoms with Crippen molar-refractivity contribution >= 4 is 22.8 Å². The van der Waals surface area contributed by atoms with E-state index in [9.17, 15) is 9.90 Å². The van der Waals surface area contributed by atoms with Gasteiger partial charge in [-0.1, -0.05) is 25.1 Å². The Kier molecular flexibility index (Phi) is 4.36. The number of carbonyl (C=O) groups excluding carboxylic acids is 1. The summed E-state index contributed by atoms with van der Waals surface area (Å²) < 4.78 is 7.50. The van der Waals surface area contributed by atoms with Crippen LogP contribution in [0.2, 0.25) is 0 Å². The Hall–Kier alpha value is -2.84. The van der Waals surface area contributed by atoms with Gasteiger partial charge in [-0.05, 0) is 18.6 Å². The Morgan fingerprint density at radius 1 is 1.35 bits per heavy atom. The van der Waals surface area contributed by atoms with E-state index in [4.69, 9.17) is 4.74 Å². The molecule has 2 N–H and O–H groups in total. The average Bonchev–Trinajstić information content (AvgIpc) is 3.26. The van der Waals surface area contributed by atoms with E-state index in [1.807, 2.05) is 13.0 Å². The Labute approximate surface area is 149 Å². The maximum Gasteiger partial charge on any atom is 0.256 e. The Morgan fingerprint density at radius 3 is 2.88 bits per heavy atom.